The highest BCUT2D eigenvalue weighted by molar-refractivity contribution is 5.73. The summed E-state index contributed by atoms with van der Waals surface area (Å²) in [5.41, 5.74) is 1.06. The number of nitrogens with one attached hydrogen (secondary N) is 1. The molecule has 0 amide bonds. The molecule has 0 aliphatic carbocycles. The Balaban J connectivity index is 2.49. The minimum Gasteiger partial charge on any atom is -0.494 e. The van der Waals surface area contributed by atoms with Crippen molar-refractivity contribution in [1.82, 2.24) is 5.32 Å². The van der Waals surface area contributed by atoms with Crippen LogP contribution in [0.3, 0.4) is 0 Å². The van der Waals surface area contributed by atoms with Crippen LogP contribution in [0.4, 0.5) is 0 Å². The minimum absolute atomic E-state index is 0.355. The molecular weight excluding hydrogens is 254 g/mol. The molecule has 2 N–H and O–H groups in total. The zero-order valence-electron chi connectivity index (χ0n) is 12.6. The first-order valence-corrected chi connectivity index (χ1v) is 7.20. The van der Waals surface area contributed by atoms with Gasteiger partial charge in [-0.3, -0.25) is 4.79 Å². The summed E-state index contributed by atoms with van der Waals surface area (Å²) in [5.74, 6) is 0.419. The highest BCUT2D eigenvalue weighted by atomic mass is 16.5. The number of hydrogen-bond donors (Lipinski definition) is 2. The van der Waals surface area contributed by atoms with Gasteiger partial charge in [0.15, 0.2) is 0 Å². The summed E-state index contributed by atoms with van der Waals surface area (Å²) in [6.45, 7) is 7.39. The fourth-order valence-corrected chi connectivity index (χ4v) is 1.91. The van der Waals surface area contributed by atoms with Crippen molar-refractivity contribution in [1.29, 1.82) is 0 Å². The van der Waals surface area contributed by atoms with Gasteiger partial charge in [-0.2, -0.15) is 0 Å². The second kappa shape index (κ2) is 8.59. The quantitative estimate of drug-likeness (QED) is 0.729. The number of hydrogen-bond acceptors (Lipinski definition) is 3. The fraction of sp³-hybridized carbons (Fsp3) is 0.562. The van der Waals surface area contributed by atoms with Crippen molar-refractivity contribution in [2.45, 2.75) is 46.2 Å². The van der Waals surface area contributed by atoms with Crippen LogP contribution >= 0.6 is 0 Å². The molecule has 1 aromatic rings. The molecule has 0 saturated heterocycles. The zero-order valence-corrected chi connectivity index (χ0v) is 12.6. The third kappa shape index (κ3) is 6.06. The molecule has 0 spiro atoms. The van der Waals surface area contributed by atoms with Crippen molar-refractivity contribution in [2.24, 2.45) is 5.92 Å². The van der Waals surface area contributed by atoms with E-state index < -0.39 is 12.0 Å². The fourth-order valence-electron chi connectivity index (χ4n) is 1.91. The van der Waals surface area contributed by atoms with Crippen molar-refractivity contribution in [3.63, 3.8) is 0 Å². The first-order valence-electron chi connectivity index (χ1n) is 7.20. The predicted octanol–water partition coefficient (Wildman–Crippen LogP) is 3.06. The highest BCUT2D eigenvalue weighted by Crippen LogP contribution is 2.13. The molecule has 4 nitrogen and oxygen atoms in total. The predicted molar refractivity (Wildman–Crippen MR) is 79.9 cm³/mol. The molecule has 0 saturated carbocycles. The average Bonchev–Trinajstić information content (AvgIpc) is 2.41. The smallest absolute Gasteiger partial charge is 0.320 e. The molecule has 1 unspecified atom stereocenters. The van der Waals surface area contributed by atoms with E-state index in [9.17, 15) is 4.79 Å². The Kier molecular flexibility index (Phi) is 7.09. The van der Waals surface area contributed by atoms with E-state index in [0.29, 0.717) is 25.5 Å². The van der Waals surface area contributed by atoms with Crippen LogP contribution in [0.5, 0.6) is 5.75 Å². The van der Waals surface area contributed by atoms with Gasteiger partial charge in [0, 0.05) is 6.54 Å². The van der Waals surface area contributed by atoms with Crippen molar-refractivity contribution in [3.05, 3.63) is 29.8 Å². The SMILES string of the molecule is CCCOc1ccc(CNC(CC(C)C)C(=O)O)cc1. The van der Waals surface area contributed by atoms with Crippen LogP contribution in [0.2, 0.25) is 0 Å². The van der Waals surface area contributed by atoms with Crippen LogP contribution in [0.25, 0.3) is 0 Å². The number of ether oxygens (including phenoxy) is 1. The van der Waals surface area contributed by atoms with Crippen LogP contribution in [0, 0.1) is 5.92 Å². The summed E-state index contributed by atoms with van der Waals surface area (Å²) in [6, 6.07) is 7.28. The summed E-state index contributed by atoms with van der Waals surface area (Å²) in [4.78, 5) is 11.1. The van der Waals surface area contributed by atoms with Gasteiger partial charge in [0.2, 0.25) is 0 Å². The number of carboxylic acids is 1. The lowest BCUT2D eigenvalue weighted by atomic mass is 10.0. The van der Waals surface area contributed by atoms with Crippen molar-refractivity contribution >= 4 is 5.97 Å². The lowest BCUT2D eigenvalue weighted by Crippen LogP contribution is -2.37. The largest absolute Gasteiger partial charge is 0.494 e. The maximum atomic E-state index is 11.1. The van der Waals surface area contributed by atoms with Crippen LogP contribution < -0.4 is 10.1 Å². The molecule has 1 rings (SSSR count). The monoisotopic (exact) mass is 279 g/mol. The molecule has 0 radical (unpaired) electrons. The molecule has 1 aromatic carbocycles. The van der Waals surface area contributed by atoms with E-state index in [2.05, 4.69) is 12.2 Å². The molecule has 1 atom stereocenters. The molecular formula is C16H25NO3. The first-order chi connectivity index (χ1) is 9.52. The molecule has 0 heterocycles. The van der Waals surface area contributed by atoms with Crippen LogP contribution in [-0.4, -0.2) is 23.7 Å². The van der Waals surface area contributed by atoms with Crippen molar-refractivity contribution in [2.75, 3.05) is 6.61 Å². The third-order valence-corrected chi connectivity index (χ3v) is 2.95. The second-order valence-corrected chi connectivity index (χ2v) is 5.39. The molecule has 0 aromatic heterocycles. The van der Waals surface area contributed by atoms with E-state index in [4.69, 9.17) is 9.84 Å². The topological polar surface area (TPSA) is 58.6 Å². The normalized spacial score (nSPS) is 12.4. The first kappa shape index (κ1) is 16.5. The van der Waals surface area contributed by atoms with E-state index in [0.717, 1.165) is 17.7 Å². The number of carboxylic acid groups (broad SMARTS) is 1. The Labute approximate surface area is 121 Å². The summed E-state index contributed by atoms with van der Waals surface area (Å²) in [5, 5.41) is 12.2. The Hall–Kier alpha value is -1.55. The number of rotatable bonds is 9. The van der Waals surface area contributed by atoms with Gasteiger partial charge in [-0.1, -0.05) is 32.9 Å². The van der Waals surface area contributed by atoms with Gasteiger partial charge < -0.3 is 15.2 Å². The summed E-state index contributed by atoms with van der Waals surface area (Å²) in [7, 11) is 0. The van der Waals surface area contributed by atoms with E-state index in [1.54, 1.807) is 0 Å². The van der Waals surface area contributed by atoms with Crippen LogP contribution in [0.1, 0.15) is 39.2 Å². The number of aliphatic carboxylic acids is 1. The van der Waals surface area contributed by atoms with E-state index in [-0.39, 0.29) is 0 Å². The van der Waals surface area contributed by atoms with Crippen molar-refractivity contribution < 1.29 is 14.6 Å². The molecule has 112 valence electrons. The van der Waals surface area contributed by atoms with E-state index in [1.165, 1.54) is 0 Å². The average molecular weight is 279 g/mol. The minimum atomic E-state index is -0.790. The standard InChI is InChI=1S/C16H25NO3/c1-4-9-20-14-7-5-13(6-8-14)11-17-15(16(18)19)10-12(2)3/h5-8,12,15,17H,4,9-11H2,1-3H3,(H,18,19). The van der Waals surface area contributed by atoms with Gasteiger partial charge in [0.25, 0.3) is 0 Å². The molecule has 0 bridgehead atoms. The summed E-state index contributed by atoms with van der Waals surface area (Å²) >= 11 is 0. The van der Waals surface area contributed by atoms with Crippen LogP contribution in [-0.2, 0) is 11.3 Å². The van der Waals surface area contributed by atoms with E-state index >= 15 is 0 Å². The maximum Gasteiger partial charge on any atom is 0.320 e. The zero-order chi connectivity index (χ0) is 15.0. The maximum absolute atomic E-state index is 11.1. The lowest BCUT2D eigenvalue weighted by molar-refractivity contribution is -0.140. The number of benzene rings is 1. The summed E-state index contributed by atoms with van der Waals surface area (Å²) in [6.07, 6.45) is 1.62. The van der Waals surface area contributed by atoms with Crippen LogP contribution in [0.15, 0.2) is 24.3 Å². The second-order valence-electron chi connectivity index (χ2n) is 5.39. The molecule has 0 aliphatic rings. The van der Waals surface area contributed by atoms with Gasteiger partial charge in [0.05, 0.1) is 6.61 Å². The summed E-state index contributed by atoms with van der Waals surface area (Å²) < 4.78 is 5.51. The molecule has 4 heteroatoms. The Bertz CT molecular complexity index is 401. The molecule has 0 fully saturated rings. The van der Waals surface area contributed by atoms with Gasteiger partial charge in [0.1, 0.15) is 11.8 Å². The van der Waals surface area contributed by atoms with Gasteiger partial charge in [-0.15, -0.1) is 0 Å². The Morgan fingerprint density at radius 1 is 1.30 bits per heavy atom. The third-order valence-electron chi connectivity index (χ3n) is 2.95. The highest BCUT2D eigenvalue weighted by Gasteiger charge is 2.17. The Morgan fingerprint density at radius 3 is 2.45 bits per heavy atom. The molecule has 0 aliphatic heterocycles. The van der Waals surface area contributed by atoms with Crippen molar-refractivity contribution in [3.8, 4) is 5.75 Å². The molecule has 20 heavy (non-hydrogen) atoms. The van der Waals surface area contributed by atoms with E-state index in [1.807, 2.05) is 38.1 Å². The number of carbonyl (C=O) groups is 1. The lowest BCUT2D eigenvalue weighted by Gasteiger charge is -2.16. The Morgan fingerprint density at radius 2 is 1.95 bits per heavy atom. The van der Waals surface area contributed by atoms with Gasteiger partial charge in [-0.25, -0.2) is 0 Å². The van der Waals surface area contributed by atoms with Gasteiger partial charge in [-0.05, 0) is 36.5 Å². The van der Waals surface area contributed by atoms with Gasteiger partial charge >= 0.3 is 5.97 Å².